The number of unbranched alkanes of at least 4 members (excludes halogenated alkanes) is 12. The van der Waals surface area contributed by atoms with Crippen LogP contribution in [-0.4, -0.2) is 59.0 Å². The number of anilines is 1. The fraction of sp³-hybridized carbons (Fsp3) is 0.793. The van der Waals surface area contributed by atoms with Gasteiger partial charge in [-0.15, -0.1) is 0 Å². The highest BCUT2D eigenvalue weighted by molar-refractivity contribution is 14.1. The number of nitrogens with zero attached hydrogens (tertiary/aromatic N) is 3. The monoisotopic (exact) mass is 598 g/mol. The van der Waals surface area contributed by atoms with Crippen LogP contribution in [0.3, 0.4) is 0 Å². The number of hydrogen-bond donors (Lipinski definition) is 1. The van der Waals surface area contributed by atoms with Gasteiger partial charge < -0.3 is 10.2 Å². The summed E-state index contributed by atoms with van der Waals surface area (Å²) in [6.07, 6.45) is 20.5. The Labute approximate surface area is 229 Å². The molecule has 1 amide bonds. The van der Waals surface area contributed by atoms with E-state index in [1.54, 1.807) is 6.20 Å². The fourth-order valence-corrected chi connectivity index (χ4v) is 5.36. The molecule has 1 aromatic heterocycles. The van der Waals surface area contributed by atoms with Crippen LogP contribution >= 0.6 is 22.6 Å². The maximum absolute atomic E-state index is 12.4. The zero-order valence-electron chi connectivity index (χ0n) is 22.6. The summed E-state index contributed by atoms with van der Waals surface area (Å²) < 4.78 is 1.31. The topological polar surface area (TPSA) is 48.5 Å². The molecular weight excluding hydrogens is 547 g/mol. The van der Waals surface area contributed by atoms with Crippen molar-refractivity contribution in [3.63, 3.8) is 0 Å². The third kappa shape index (κ3) is 12.8. The van der Waals surface area contributed by atoms with Crippen LogP contribution < -0.4 is 10.2 Å². The van der Waals surface area contributed by atoms with E-state index in [2.05, 4.69) is 56.5 Å². The lowest BCUT2D eigenvalue weighted by Crippen LogP contribution is -2.49. The minimum atomic E-state index is -0.0000611. The van der Waals surface area contributed by atoms with Crippen LogP contribution in [0.1, 0.15) is 114 Å². The number of nitrogens with one attached hydrogen (secondary N) is 1. The van der Waals surface area contributed by atoms with Gasteiger partial charge in [0.25, 0.3) is 5.91 Å². The van der Waals surface area contributed by atoms with E-state index in [1.165, 1.54) is 87.9 Å². The second-order valence-corrected chi connectivity index (χ2v) is 11.3. The van der Waals surface area contributed by atoms with E-state index in [4.69, 9.17) is 0 Å². The molecule has 0 spiro atoms. The molecule has 0 aliphatic carbocycles. The molecule has 0 aromatic carbocycles. The van der Waals surface area contributed by atoms with Gasteiger partial charge in [0, 0.05) is 45.0 Å². The number of amides is 1. The summed E-state index contributed by atoms with van der Waals surface area (Å²) in [7, 11) is 0. The first kappa shape index (κ1) is 30.3. The first-order valence-electron chi connectivity index (χ1n) is 14.4. The number of rotatable bonds is 19. The van der Waals surface area contributed by atoms with Gasteiger partial charge in [-0.2, -0.15) is 0 Å². The molecule has 5 nitrogen and oxygen atoms in total. The Kier molecular flexibility index (Phi) is 16.7. The molecule has 6 heteroatoms. The highest BCUT2D eigenvalue weighted by atomic mass is 127. The lowest BCUT2D eigenvalue weighted by atomic mass is 10.0. The van der Waals surface area contributed by atoms with Gasteiger partial charge >= 0.3 is 0 Å². The summed E-state index contributed by atoms with van der Waals surface area (Å²) in [5, 5.41) is 3.07. The Hall–Kier alpha value is -0.890. The molecule has 1 unspecified atom stereocenters. The molecule has 200 valence electrons. The lowest BCUT2D eigenvalue weighted by molar-refractivity contribution is 0.0952. The molecule has 1 aliphatic heterocycles. The van der Waals surface area contributed by atoms with Crippen molar-refractivity contribution in [1.82, 2.24) is 15.2 Å². The van der Waals surface area contributed by atoms with Crippen molar-refractivity contribution in [2.45, 2.75) is 110 Å². The molecule has 1 fully saturated rings. The highest BCUT2D eigenvalue weighted by Crippen LogP contribution is 2.16. The van der Waals surface area contributed by atoms with Crippen molar-refractivity contribution in [2.24, 2.45) is 0 Å². The number of carbonyl (C=O) groups excluding carboxylic acids is 1. The summed E-state index contributed by atoms with van der Waals surface area (Å²) >= 11 is 2.48. The predicted molar refractivity (Wildman–Crippen MR) is 159 cm³/mol. The summed E-state index contributed by atoms with van der Waals surface area (Å²) in [6.45, 7) is 9.48. The number of hydrogen-bond acceptors (Lipinski definition) is 4. The standard InChI is InChI=1S/C29H51IN4O/c1-3-26(2)33-21-23-34(24-22-33)28-18-17-27(25-32-28)29(35)31-20-16-14-12-10-8-6-4-5-7-9-11-13-15-19-30/h17-18,25-26H,3-16,19-24H2,1-2H3,(H,31,35). The maximum atomic E-state index is 12.4. The minimum Gasteiger partial charge on any atom is -0.354 e. The third-order valence-electron chi connectivity index (χ3n) is 7.46. The van der Waals surface area contributed by atoms with Crippen LogP contribution in [0.2, 0.25) is 0 Å². The Bertz CT molecular complexity index is 661. The van der Waals surface area contributed by atoms with Crippen molar-refractivity contribution >= 4 is 34.3 Å². The van der Waals surface area contributed by atoms with Crippen molar-refractivity contribution in [2.75, 3.05) is 42.1 Å². The Balaban J connectivity index is 1.46. The molecule has 1 aliphatic rings. The highest BCUT2D eigenvalue weighted by Gasteiger charge is 2.21. The summed E-state index contributed by atoms with van der Waals surface area (Å²) in [6, 6.07) is 4.57. The molecular formula is C29H51IN4O. The van der Waals surface area contributed by atoms with Gasteiger partial charge in [-0.05, 0) is 42.7 Å². The number of carbonyl (C=O) groups is 1. The Morgan fingerprint density at radius 2 is 1.43 bits per heavy atom. The van der Waals surface area contributed by atoms with Crippen LogP contribution in [0, 0.1) is 0 Å². The largest absolute Gasteiger partial charge is 0.354 e. The van der Waals surface area contributed by atoms with Gasteiger partial charge in [-0.25, -0.2) is 4.98 Å². The van der Waals surface area contributed by atoms with Gasteiger partial charge in [0.2, 0.25) is 0 Å². The fourth-order valence-electron chi connectivity index (χ4n) is 4.83. The molecule has 1 saturated heterocycles. The molecule has 1 aromatic rings. The van der Waals surface area contributed by atoms with Crippen LogP contribution in [-0.2, 0) is 0 Å². The zero-order valence-corrected chi connectivity index (χ0v) is 24.7. The molecule has 1 atom stereocenters. The molecule has 2 rings (SSSR count). The zero-order chi connectivity index (χ0) is 25.1. The van der Waals surface area contributed by atoms with E-state index in [1.807, 2.05) is 12.1 Å². The normalized spacial score (nSPS) is 15.3. The molecule has 0 radical (unpaired) electrons. The van der Waals surface area contributed by atoms with E-state index < -0.39 is 0 Å². The summed E-state index contributed by atoms with van der Waals surface area (Å²) in [4.78, 5) is 21.9. The van der Waals surface area contributed by atoms with Gasteiger partial charge in [0.15, 0.2) is 0 Å². The molecule has 2 heterocycles. The van der Waals surface area contributed by atoms with E-state index in [9.17, 15) is 4.79 Å². The number of halogens is 1. The Morgan fingerprint density at radius 1 is 0.886 bits per heavy atom. The molecule has 35 heavy (non-hydrogen) atoms. The number of alkyl halides is 1. The lowest BCUT2D eigenvalue weighted by Gasteiger charge is -2.38. The van der Waals surface area contributed by atoms with E-state index in [0.29, 0.717) is 11.6 Å². The predicted octanol–water partition coefficient (Wildman–Crippen LogP) is 7.24. The number of pyridine rings is 1. The smallest absolute Gasteiger partial charge is 0.252 e. The van der Waals surface area contributed by atoms with E-state index in [-0.39, 0.29) is 5.91 Å². The van der Waals surface area contributed by atoms with Crippen LogP contribution in [0.25, 0.3) is 0 Å². The van der Waals surface area contributed by atoms with Gasteiger partial charge in [0.1, 0.15) is 5.82 Å². The summed E-state index contributed by atoms with van der Waals surface area (Å²) in [5.74, 6) is 0.983. The molecule has 0 bridgehead atoms. The number of piperazine rings is 1. The SMILES string of the molecule is CCC(C)N1CCN(c2ccc(C(=O)NCCCCCCCCCCCCCCCI)cn2)CC1. The second-order valence-electron chi connectivity index (χ2n) is 10.2. The number of aromatic nitrogens is 1. The van der Waals surface area contributed by atoms with Crippen molar-refractivity contribution < 1.29 is 4.79 Å². The van der Waals surface area contributed by atoms with Gasteiger partial charge in [0.05, 0.1) is 5.56 Å². The van der Waals surface area contributed by atoms with Gasteiger partial charge in [-0.3, -0.25) is 9.69 Å². The summed E-state index contributed by atoms with van der Waals surface area (Å²) in [5.41, 5.74) is 0.664. The molecule has 1 N–H and O–H groups in total. The quantitative estimate of drug-likeness (QED) is 0.104. The van der Waals surface area contributed by atoms with Gasteiger partial charge in [-0.1, -0.05) is 100 Å². The first-order valence-corrected chi connectivity index (χ1v) is 16.0. The minimum absolute atomic E-state index is 0.0000611. The average molecular weight is 599 g/mol. The second kappa shape index (κ2) is 19.3. The van der Waals surface area contributed by atoms with E-state index in [0.717, 1.165) is 45.0 Å². The first-order chi connectivity index (χ1) is 17.2. The van der Waals surface area contributed by atoms with Crippen LogP contribution in [0.4, 0.5) is 5.82 Å². The van der Waals surface area contributed by atoms with Crippen molar-refractivity contribution in [3.8, 4) is 0 Å². The third-order valence-corrected chi connectivity index (χ3v) is 8.22. The Morgan fingerprint density at radius 3 is 1.91 bits per heavy atom. The average Bonchev–Trinajstić information content (AvgIpc) is 2.90. The van der Waals surface area contributed by atoms with Crippen molar-refractivity contribution in [1.29, 1.82) is 0 Å². The van der Waals surface area contributed by atoms with E-state index >= 15 is 0 Å². The van der Waals surface area contributed by atoms with Crippen molar-refractivity contribution in [3.05, 3.63) is 23.9 Å². The molecule has 0 saturated carbocycles. The van der Waals surface area contributed by atoms with Crippen LogP contribution in [0.15, 0.2) is 18.3 Å². The van der Waals surface area contributed by atoms with Crippen LogP contribution in [0.5, 0.6) is 0 Å². The maximum Gasteiger partial charge on any atom is 0.252 e.